The molecule has 0 amide bonds. The molecule has 0 radical (unpaired) electrons. The normalized spacial score (nSPS) is 13.3. The molecule has 1 aromatic carbocycles. The van der Waals surface area contributed by atoms with E-state index in [9.17, 15) is 13.2 Å². The van der Waals surface area contributed by atoms with Gasteiger partial charge in [-0.1, -0.05) is 51.8 Å². The maximum Gasteiger partial charge on any atom is 0.394 e. The van der Waals surface area contributed by atoms with Crippen molar-refractivity contribution in [2.45, 2.75) is 67.5 Å². The van der Waals surface area contributed by atoms with E-state index >= 15 is 0 Å². The van der Waals surface area contributed by atoms with Crippen molar-refractivity contribution in [3.8, 4) is 11.3 Å². The van der Waals surface area contributed by atoms with Crippen LogP contribution in [0.25, 0.3) is 21.5 Å². The fourth-order valence-electron chi connectivity index (χ4n) is 3.67. The average Bonchev–Trinajstić information content (AvgIpc) is 2.88. The third-order valence-electron chi connectivity index (χ3n) is 5.22. The number of aryl methyl sites for hydroxylation is 2. The topological polar surface area (TPSA) is 25.8 Å². The predicted molar refractivity (Wildman–Crippen MR) is 119 cm³/mol. The van der Waals surface area contributed by atoms with Gasteiger partial charge in [0.2, 0.25) is 0 Å². The summed E-state index contributed by atoms with van der Waals surface area (Å²) in [6, 6.07) is 6.23. The smallest absolute Gasteiger partial charge is 0.235 e. The van der Waals surface area contributed by atoms with Crippen LogP contribution in [0.4, 0.5) is 13.2 Å². The van der Waals surface area contributed by atoms with E-state index in [0.29, 0.717) is 17.5 Å². The van der Waals surface area contributed by atoms with Crippen molar-refractivity contribution in [1.29, 1.82) is 0 Å². The predicted octanol–water partition coefficient (Wildman–Crippen LogP) is 7.69. The molecule has 3 rings (SSSR count). The van der Waals surface area contributed by atoms with Crippen LogP contribution in [-0.2, 0) is 12.8 Å². The molecule has 0 saturated heterocycles. The SMILES string of the molecule is Cc1cc(C)cc(-c2ncnc3c(CC(C)(C)C(F)(F)F)c(CC(C)(C)C)sc23)c1. The molecule has 0 saturated carbocycles. The Bertz CT molecular complexity index is 1050. The van der Waals surface area contributed by atoms with Crippen LogP contribution in [0.15, 0.2) is 24.5 Å². The van der Waals surface area contributed by atoms with E-state index in [1.165, 1.54) is 20.2 Å². The first kappa shape index (κ1) is 22.7. The van der Waals surface area contributed by atoms with E-state index in [2.05, 4.69) is 48.9 Å². The number of nitrogens with zero attached hydrogens (tertiary/aromatic N) is 2. The Balaban J connectivity index is 2.25. The number of aromatic nitrogens is 2. The summed E-state index contributed by atoms with van der Waals surface area (Å²) in [6.07, 6.45) is -2.20. The third-order valence-corrected chi connectivity index (χ3v) is 6.45. The van der Waals surface area contributed by atoms with Crippen molar-refractivity contribution >= 4 is 21.6 Å². The maximum atomic E-state index is 13.7. The minimum absolute atomic E-state index is 0.0501. The number of rotatable bonds is 4. The lowest BCUT2D eigenvalue weighted by molar-refractivity contribution is -0.210. The van der Waals surface area contributed by atoms with Gasteiger partial charge in [0.25, 0.3) is 0 Å². The summed E-state index contributed by atoms with van der Waals surface area (Å²) >= 11 is 1.54. The Kier molecular flexibility index (Phi) is 5.78. The molecule has 0 aliphatic rings. The highest BCUT2D eigenvalue weighted by atomic mass is 32.1. The molecule has 0 atom stereocenters. The lowest BCUT2D eigenvalue weighted by Crippen LogP contribution is -2.34. The van der Waals surface area contributed by atoms with E-state index in [1.54, 1.807) is 11.3 Å². The van der Waals surface area contributed by atoms with Crippen LogP contribution in [-0.4, -0.2) is 16.1 Å². The summed E-state index contributed by atoms with van der Waals surface area (Å²) < 4.78 is 42.0. The monoisotopic (exact) mass is 434 g/mol. The molecule has 0 aliphatic heterocycles. The summed E-state index contributed by atoms with van der Waals surface area (Å²) in [5, 5.41) is 0. The van der Waals surface area contributed by atoms with Crippen LogP contribution in [0.3, 0.4) is 0 Å². The highest BCUT2D eigenvalue weighted by Gasteiger charge is 2.48. The van der Waals surface area contributed by atoms with Crippen molar-refractivity contribution in [2.75, 3.05) is 0 Å². The van der Waals surface area contributed by atoms with E-state index in [-0.39, 0.29) is 11.8 Å². The highest BCUT2D eigenvalue weighted by molar-refractivity contribution is 7.19. The maximum absolute atomic E-state index is 13.7. The lowest BCUT2D eigenvalue weighted by Gasteiger charge is -2.28. The fourth-order valence-corrected chi connectivity index (χ4v) is 5.25. The van der Waals surface area contributed by atoms with Crippen LogP contribution >= 0.6 is 11.3 Å². The van der Waals surface area contributed by atoms with Crippen LogP contribution < -0.4 is 0 Å². The van der Waals surface area contributed by atoms with Crippen molar-refractivity contribution in [3.63, 3.8) is 0 Å². The molecule has 162 valence electrons. The molecule has 0 spiro atoms. The van der Waals surface area contributed by atoms with Gasteiger partial charge in [0.05, 0.1) is 21.3 Å². The van der Waals surface area contributed by atoms with E-state index in [4.69, 9.17) is 0 Å². The van der Waals surface area contributed by atoms with Crippen LogP contribution in [0.1, 0.15) is 56.2 Å². The second-order valence-electron chi connectivity index (χ2n) is 10.1. The van der Waals surface area contributed by atoms with Gasteiger partial charge in [0.1, 0.15) is 6.33 Å². The van der Waals surface area contributed by atoms with Crippen LogP contribution in [0, 0.1) is 24.7 Å². The largest absolute Gasteiger partial charge is 0.394 e. The molecule has 2 heterocycles. The average molecular weight is 435 g/mol. The van der Waals surface area contributed by atoms with Gasteiger partial charge >= 0.3 is 6.18 Å². The Hall–Kier alpha value is -1.95. The molecule has 0 unspecified atom stereocenters. The lowest BCUT2D eigenvalue weighted by atomic mass is 9.82. The van der Waals surface area contributed by atoms with Gasteiger partial charge in [-0.15, -0.1) is 11.3 Å². The molecule has 30 heavy (non-hydrogen) atoms. The van der Waals surface area contributed by atoms with Gasteiger partial charge in [-0.3, -0.25) is 0 Å². The number of fused-ring (bicyclic) bond motifs is 1. The summed E-state index contributed by atoms with van der Waals surface area (Å²) in [4.78, 5) is 9.97. The molecule has 3 aromatic rings. The van der Waals surface area contributed by atoms with Gasteiger partial charge in [-0.2, -0.15) is 13.2 Å². The van der Waals surface area contributed by atoms with Gasteiger partial charge in [-0.05, 0) is 49.8 Å². The van der Waals surface area contributed by atoms with Crippen molar-refractivity contribution in [3.05, 3.63) is 46.1 Å². The van der Waals surface area contributed by atoms with Crippen molar-refractivity contribution < 1.29 is 13.2 Å². The van der Waals surface area contributed by atoms with Crippen LogP contribution in [0.5, 0.6) is 0 Å². The van der Waals surface area contributed by atoms with Gasteiger partial charge in [0.15, 0.2) is 0 Å². The Morgan fingerprint density at radius 2 is 1.47 bits per heavy atom. The van der Waals surface area contributed by atoms with Gasteiger partial charge in [-0.25, -0.2) is 9.97 Å². The highest BCUT2D eigenvalue weighted by Crippen LogP contribution is 2.45. The van der Waals surface area contributed by atoms with Crippen LogP contribution in [0.2, 0.25) is 0 Å². The van der Waals surface area contributed by atoms with E-state index in [0.717, 1.165) is 32.0 Å². The first-order chi connectivity index (χ1) is 13.7. The minimum Gasteiger partial charge on any atom is -0.235 e. The number of thiophene rings is 1. The first-order valence-electron chi connectivity index (χ1n) is 10.1. The third kappa shape index (κ3) is 4.69. The Labute approximate surface area is 180 Å². The van der Waals surface area contributed by atoms with Gasteiger partial charge < -0.3 is 0 Å². The molecule has 6 heteroatoms. The second-order valence-corrected chi connectivity index (χ2v) is 11.2. The molecule has 0 fully saturated rings. The number of halogens is 3. The molecule has 2 aromatic heterocycles. The summed E-state index contributed by atoms with van der Waals surface area (Å²) in [6.45, 7) is 12.9. The molecular weight excluding hydrogens is 405 g/mol. The minimum atomic E-state index is -4.29. The quantitative estimate of drug-likeness (QED) is 0.420. The summed E-state index contributed by atoms with van der Waals surface area (Å²) in [5.41, 5.74) is 3.50. The van der Waals surface area contributed by atoms with E-state index < -0.39 is 11.6 Å². The Morgan fingerprint density at radius 3 is 2.00 bits per heavy atom. The standard InChI is InChI=1S/C24H29F3N2S/c1-14-8-15(2)10-16(9-14)19-21-20(29-13-28-19)17(11-23(6,7)24(25,26)27)18(30-21)12-22(3,4)5/h8-10,13H,11-12H2,1-7H3. The number of hydrogen-bond donors (Lipinski definition) is 0. The molecule has 0 N–H and O–H groups in total. The molecule has 2 nitrogen and oxygen atoms in total. The number of benzene rings is 1. The zero-order valence-corrected chi connectivity index (χ0v) is 19.5. The number of alkyl halides is 3. The van der Waals surface area contributed by atoms with E-state index in [1.807, 2.05) is 13.8 Å². The zero-order valence-electron chi connectivity index (χ0n) is 18.7. The van der Waals surface area contributed by atoms with Gasteiger partial charge in [0, 0.05) is 10.4 Å². The van der Waals surface area contributed by atoms with Crippen molar-refractivity contribution in [1.82, 2.24) is 9.97 Å². The zero-order chi connectivity index (χ0) is 22.5. The summed E-state index contributed by atoms with van der Waals surface area (Å²) in [7, 11) is 0. The first-order valence-corrected chi connectivity index (χ1v) is 10.9. The number of hydrogen-bond acceptors (Lipinski definition) is 3. The van der Waals surface area contributed by atoms with Crippen molar-refractivity contribution in [2.24, 2.45) is 10.8 Å². The second kappa shape index (κ2) is 7.63. The molecule has 0 aliphatic carbocycles. The Morgan fingerprint density at radius 1 is 0.867 bits per heavy atom. The summed E-state index contributed by atoms with van der Waals surface area (Å²) in [5.74, 6) is 0. The molecular formula is C24H29F3N2S. The fraction of sp³-hybridized carbons (Fsp3) is 0.500. The molecule has 0 bridgehead atoms.